The van der Waals surface area contributed by atoms with Crippen molar-refractivity contribution >= 4 is 62.6 Å². The fraction of sp³-hybridized carbons (Fsp3) is 0. The van der Waals surface area contributed by atoms with Crippen molar-refractivity contribution in [3.8, 4) is 0 Å². The molecule has 0 bridgehead atoms. The minimum Gasteiger partial charge on any atom is -1.00 e. The molecule has 0 aliphatic rings. The predicted molar refractivity (Wildman–Crippen MR) is 23.9 cm³/mol. The number of hydrogen-bond donors (Lipinski definition) is 0. The van der Waals surface area contributed by atoms with E-state index in [0.29, 0.717) is 0 Å². The third-order valence-electron chi connectivity index (χ3n) is 0. The average Bonchev–Trinajstić information content (AvgIpc) is 0. The van der Waals surface area contributed by atoms with Crippen LogP contribution in [-0.2, 0) is 0 Å². The van der Waals surface area contributed by atoms with Crippen LogP contribution in [0.25, 0.3) is 0 Å². The number of hydrogen-bond acceptors (Lipinski definition) is 0. The van der Waals surface area contributed by atoms with Gasteiger partial charge in [-0.25, -0.2) is 0 Å². The Bertz CT molecular complexity index is 7.51. The molecule has 0 unspecified atom stereocenters. The monoisotopic (exact) mass is 200 g/mol. The third-order valence-corrected chi connectivity index (χ3v) is 0. The van der Waals surface area contributed by atoms with Crippen molar-refractivity contribution < 1.29 is 30.3 Å². The van der Waals surface area contributed by atoms with E-state index in [9.17, 15) is 0 Å². The van der Waals surface area contributed by atoms with Crippen molar-refractivity contribution in [1.82, 2.24) is 0 Å². The summed E-state index contributed by atoms with van der Waals surface area (Å²) in [5.74, 6) is 0. The minimum atomic E-state index is 0. The Balaban J connectivity index is 0. The molecule has 0 amide bonds. The molecule has 0 saturated heterocycles. The SMILES string of the molecule is Cl.Cl.O.[Ca+2].[Cl-].[Cl-]. The second-order valence-electron chi connectivity index (χ2n) is 0. The van der Waals surface area contributed by atoms with Crippen molar-refractivity contribution in [1.29, 1.82) is 0 Å². The minimum absolute atomic E-state index is 0. The van der Waals surface area contributed by atoms with Crippen LogP contribution in [0.1, 0.15) is 0 Å². The van der Waals surface area contributed by atoms with Gasteiger partial charge in [0.05, 0.1) is 0 Å². The van der Waals surface area contributed by atoms with E-state index in [1.807, 2.05) is 0 Å². The van der Waals surface area contributed by atoms with E-state index in [4.69, 9.17) is 0 Å². The predicted octanol–water partition coefficient (Wildman–Crippen LogP) is -6.35. The summed E-state index contributed by atoms with van der Waals surface area (Å²) in [6.45, 7) is 0. The Morgan fingerprint density at radius 2 is 0.667 bits per heavy atom. The van der Waals surface area contributed by atoms with E-state index in [-0.39, 0.29) is 92.8 Å². The molecule has 0 rings (SSSR count). The van der Waals surface area contributed by atoms with Crippen LogP contribution >= 0.6 is 24.8 Å². The summed E-state index contributed by atoms with van der Waals surface area (Å²) in [6.07, 6.45) is 0. The Hall–Kier alpha value is 2.38. The van der Waals surface area contributed by atoms with Crippen LogP contribution in [0.15, 0.2) is 0 Å². The van der Waals surface area contributed by atoms with E-state index in [1.165, 1.54) is 0 Å². The molecule has 0 aromatic carbocycles. The van der Waals surface area contributed by atoms with Gasteiger partial charge >= 0.3 is 37.7 Å². The summed E-state index contributed by atoms with van der Waals surface area (Å²) in [4.78, 5) is 0. The molecule has 0 spiro atoms. The summed E-state index contributed by atoms with van der Waals surface area (Å²) in [5.41, 5.74) is 0. The molecule has 0 radical (unpaired) electrons. The van der Waals surface area contributed by atoms with Gasteiger partial charge in [0.1, 0.15) is 0 Å². The first kappa shape index (κ1) is 80.6. The van der Waals surface area contributed by atoms with Gasteiger partial charge in [-0.1, -0.05) is 0 Å². The van der Waals surface area contributed by atoms with Gasteiger partial charge in [-0.2, -0.15) is 0 Å². The maximum absolute atomic E-state index is 0. The second kappa shape index (κ2) is 53.0. The number of rotatable bonds is 0. The topological polar surface area (TPSA) is 31.5 Å². The molecule has 0 fully saturated rings. The maximum atomic E-state index is 0. The van der Waals surface area contributed by atoms with Crippen molar-refractivity contribution in [3.05, 3.63) is 0 Å². The average molecular weight is 202 g/mol. The summed E-state index contributed by atoms with van der Waals surface area (Å²) in [5, 5.41) is 0. The molecule has 0 aromatic rings. The van der Waals surface area contributed by atoms with E-state index < -0.39 is 0 Å². The van der Waals surface area contributed by atoms with Crippen LogP contribution in [-0.4, -0.2) is 43.2 Å². The van der Waals surface area contributed by atoms with Crippen molar-refractivity contribution in [2.75, 3.05) is 0 Å². The van der Waals surface area contributed by atoms with E-state index >= 15 is 0 Å². The molecule has 0 aliphatic heterocycles. The van der Waals surface area contributed by atoms with Gasteiger partial charge in [-0.05, 0) is 0 Å². The Morgan fingerprint density at radius 3 is 0.667 bits per heavy atom. The standard InChI is InChI=1S/Ca.4ClH.H2O/h;4*1H;1H2/q+2;;;;;/p-2. The molecule has 0 aliphatic carbocycles. The van der Waals surface area contributed by atoms with E-state index in [1.54, 1.807) is 0 Å². The van der Waals surface area contributed by atoms with Gasteiger partial charge in [-0.15, -0.1) is 24.8 Å². The molecule has 0 saturated carbocycles. The van der Waals surface area contributed by atoms with Crippen LogP contribution < -0.4 is 24.8 Å². The number of halogens is 4. The molecule has 0 atom stereocenters. The van der Waals surface area contributed by atoms with Gasteiger partial charge in [0.25, 0.3) is 0 Å². The summed E-state index contributed by atoms with van der Waals surface area (Å²) < 4.78 is 0. The third kappa shape index (κ3) is 32.6. The van der Waals surface area contributed by atoms with Gasteiger partial charge in [-0.3, -0.25) is 0 Å². The fourth-order valence-corrected chi connectivity index (χ4v) is 0. The first-order valence-electron chi connectivity index (χ1n) is 0. The van der Waals surface area contributed by atoms with E-state index in [2.05, 4.69) is 0 Å². The molecule has 2 N–H and O–H groups in total. The molecule has 0 aromatic heterocycles. The zero-order valence-electron chi connectivity index (χ0n) is 2.78. The molecule has 1 nitrogen and oxygen atoms in total. The van der Waals surface area contributed by atoms with Crippen LogP contribution in [0.2, 0.25) is 0 Å². The Kier molecular flexibility index (Phi) is 712. The van der Waals surface area contributed by atoms with E-state index in [0.717, 1.165) is 0 Å². The first-order chi connectivity index (χ1) is 0. The summed E-state index contributed by atoms with van der Waals surface area (Å²) >= 11 is 0. The molecule has 6 heteroatoms. The molecular formula is H4CaCl4O. The largest absolute Gasteiger partial charge is 2.00 e. The first-order valence-corrected chi connectivity index (χ1v) is 0. The van der Waals surface area contributed by atoms with Crippen LogP contribution in [0, 0.1) is 0 Å². The van der Waals surface area contributed by atoms with Gasteiger partial charge in [0.2, 0.25) is 0 Å². The maximum Gasteiger partial charge on any atom is 2.00 e. The zero-order chi connectivity index (χ0) is 0. The van der Waals surface area contributed by atoms with Crippen LogP contribution in [0.4, 0.5) is 0 Å². The summed E-state index contributed by atoms with van der Waals surface area (Å²) in [7, 11) is 0. The second-order valence-corrected chi connectivity index (χ2v) is 0. The van der Waals surface area contributed by atoms with Gasteiger partial charge in [0, 0.05) is 0 Å². The van der Waals surface area contributed by atoms with Crippen molar-refractivity contribution in [2.45, 2.75) is 0 Å². The Labute approximate surface area is 91.6 Å². The molecular weight excluding hydrogens is 198 g/mol. The molecule has 6 heavy (non-hydrogen) atoms. The van der Waals surface area contributed by atoms with Crippen LogP contribution in [0.5, 0.6) is 0 Å². The van der Waals surface area contributed by atoms with Crippen molar-refractivity contribution in [3.63, 3.8) is 0 Å². The normalized spacial score (nSPS) is 0. The smallest absolute Gasteiger partial charge is 1.00 e. The fourth-order valence-electron chi connectivity index (χ4n) is 0. The quantitative estimate of drug-likeness (QED) is 0.350. The zero-order valence-corrected chi connectivity index (χ0v) is 8.13. The molecule has 40 valence electrons. The van der Waals surface area contributed by atoms with Gasteiger partial charge in [0.15, 0.2) is 0 Å². The Morgan fingerprint density at radius 1 is 0.667 bits per heavy atom. The van der Waals surface area contributed by atoms with Crippen molar-refractivity contribution in [2.24, 2.45) is 0 Å². The van der Waals surface area contributed by atoms with Gasteiger partial charge < -0.3 is 30.3 Å². The van der Waals surface area contributed by atoms with Crippen LogP contribution in [0.3, 0.4) is 0 Å². The molecule has 0 heterocycles. The summed E-state index contributed by atoms with van der Waals surface area (Å²) in [6, 6.07) is 0.